The van der Waals surface area contributed by atoms with Gasteiger partial charge < -0.3 is 15.5 Å². The molecule has 0 aromatic heterocycles. The van der Waals surface area contributed by atoms with Crippen LogP contribution in [0.2, 0.25) is 0 Å². The predicted octanol–water partition coefficient (Wildman–Crippen LogP) is 3.61. The first-order valence-corrected chi connectivity index (χ1v) is 12.5. The van der Waals surface area contributed by atoms with Crippen LogP contribution in [0.15, 0.2) is 42.5 Å². The fourth-order valence-corrected chi connectivity index (χ4v) is 6.18. The molecule has 3 atom stereocenters. The molecule has 7 heteroatoms. The molecule has 3 rings (SSSR count). The topological polar surface area (TPSA) is 86.6 Å². The molecule has 0 saturated carbocycles. The Morgan fingerprint density at radius 1 is 1.10 bits per heavy atom. The molecule has 0 bridgehead atoms. The fourth-order valence-electron chi connectivity index (χ4n) is 4.22. The van der Waals surface area contributed by atoms with Crippen molar-refractivity contribution in [3.05, 3.63) is 64.7 Å². The highest BCUT2D eigenvalue weighted by atomic mass is 35.5. The van der Waals surface area contributed by atoms with E-state index in [4.69, 9.17) is 0 Å². The summed E-state index contributed by atoms with van der Waals surface area (Å²) in [5.41, 5.74) is 4.09. The number of benzene rings is 2. The second-order valence-electron chi connectivity index (χ2n) is 8.74. The number of aromatic hydroxyl groups is 1. The van der Waals surface area contributed by atoms with Gasteiger partial charge in [0, 0.05) is 18.5 Å². The van der Waals surface area contributed by atoms with Gasteiger partial charge >= 0.3 is 0 Å². The minimum Gasteiger partial charge on any atom is -0.508 e. The van der Waals surface area contributed by atoms with Crippen molar-refractivity contribution in [2.24, 2.45) is 5.92 Å². The van der Waals surface area contributed by atoms with Crippen molar-refractivity contribution in [3.8, 4) is 5.75 Å². The highest BCUT2D eigenvalue weighted by molar-refractivity contribution is 7.91. The fraction of sp³-hybridized carbons (Fsp3) is 0.500. The maximum absolute atomic E-state index is 12.5. The predicted molar refractivity (Wildman–Crippen MR) is 128 cm³/mol. The average molecular weight is 468 g/mol. The first kappa shape index (κ1) is 25.7. The van der Waals surface area contributed by atoms with Crippen molar-refractivity contribution < 1.29 is 18.6 Å². The van der Waals surface area contributed by atoms with E-state index in [0.717, 1.165) is 16.7 Å². The van der Waals surface area contributed by atoms with Crippen molar-refractivity contribution in [3.63, 3.8) is 0 Å². The van der Waals surface area contributed by atoms with E-state index in [1.807, 2.05) is 31.2 Å². The van der Waals surface area contributed by atoms with Crippen molar-refractivity contribution in [1.82, 2.24) is 5.32 Å². The molecular formula is C24H34ClNO4S. The molecule has 0 radical (unpaired) electrons. The molecule has 2 aromatic rings. The van der Waals surface area contributed by atoms with Crippen molar-refractivity contribution in [1.29, 1.82) is 0 Å². The molecule has 172 valence electrons. The molecule has 1 aliphatic rings. The smallest absolute Gasteiger partial charge is 0.152 e. The summed E-state index contributed by atoms with van der Waals surface area (Å²) in [5.74, 6) is 0.231. The zero-order valence-corrected chi connectivity index (χ0v) is 20.0. The Kier molecular flexibility index (Phi) is 8.95. The number of rotatable bonds is 7. The minimum atomic E-state index is -3.26. The molecule has 1 heterocycles. The van der Waals surface area contributed by atoms with Crippen molar-refractivity contribution in [2.45, 2.75) is 58.2 Å². The average Bonchev–Trinajstić information content (AvgIpc) is 2.70. The van der Waals surface area contributed by atoms with E-state index in [1.165, 1.54) is 5.56 Å². The molecule has 0 aliphatic carbocycles. The molecule has 5 nitrogen and oxygen atoms in total. The van der Waals surface area contributed by atoms with Gasteiger partial charge in [-0.1, -0.05) is 57.2 Å². The number of sulfone groups is 1. The van der Waals surface area contributed by atoms with Crippen LogP contribution in [0.4, 0.5) is 0 Å². The molecular weight excluding hydrogens is 434 g/mol. The number of halogens is 1. The number of aliphatic hydroxyl groups is 1. The van der Waals surface area contributed by atoms with Crippen LogP contribution >= 0.6 is 12.4 Å². The Morgan fingerprint density at radius 2 is 1.84 bits per heavy atom. The monoisotopic (exact) mass is 467 g/mol. The number of nitrogens with one attached hydrogen (secondary N) is 1. The lowest BCUT2D eigenvalue weighted by Gasteiger charge is -2.35. The van der Waals surface area contributed by atoms with E-state index in [1.54, 1.807) is 6.07 Å². The van der Waals surface area contributed by atoms with E-state index in [2.05, 4.69) is 31.3 Å². The van der Waals surface area contributed by atoms with Crippen LogP contribution in [0.1, 0.15) is 48.9 Å². The van der Waals surface area contributed by atoms with Gasteiger partial charge in [-0.3, -0.25) is 0 Å². The van der Waals surface area contributed by atoms with E-state index >= 15 is 0 Å². The third-order valence-corrected chi connectivity index (χ3v) is 7.81. The summed E-state index contributed by atoms with van der Waals surface area (Å²) in [4.78, 5) is 0. The number of aryl methyl sites for hydroxylation is 1. The molecule has 0 spiro atoms. The molecule has 1 saturated heterocycles. The summed E-state index contributed by atoms with van der Waals surface area (Å²) in [7, 11) is -3.26. The molecule has 3 N–H and O–H groups in total. The Labute approximate surface area is 192 Å². The van der Waals surface area contributed by atoms with Gasteiger partial charge in [-0.25, -0.2) is 8.42 Å². The zero-order valence-electron chi connectivity index (χ0n) is 18.4. The summed E-state index contributed by atoms with van der Waals surface area (Å²) in [6.07, 6.45) is 0.417. The second-order valence-corrected chi connectivity index (χ2v) is 10.9. The summed E-state index contributed by atoms with van der Waals surface area (Å²) in [6.45, 7) is 6.76. The first-order chi connectivity index (χ1) is 14.2. The summed E-state index contributed by atoms with van der Waals surface area (Å²) in [6, 6.07) is 13.1. The van der Waals surface area contributed by atoms with Gasteiger partial charge in [0.25, 0.3) is 0 Å². The van der Waals surface area contributed by atoms with E-state index in [-0.39, 0.29) is 35.6 Å². The third kappa shape index (κ3) is 6.69. The molecule has 0 amide bonds. The number of aliphatic hydroxyl groups excluding tert-OH is 1. The Bertz CT molecular complexity index is 977. The van der Waals surface area contributed by atoms with Crippen LogP contribution in [-0.2, 0) is 29.2 Å². The third-order valence-electron chi connectivity index (χ3n) is 6.01. The van der Waals surface area contributed by atoms with Gasteiger partial charge in [-0.2, -0.15) is 0 Å². The number of hydrogen-bond donors (Lipinski definition) is 3. The van der Waals surface area contributed by atoms with Crippen molar-refractivity contribution >= 4 is 22.2 Å². The highest BCUT2D eigenvalue weighted by Gasteiger charge is 2.39. The summed E-state index contributed by atoms with van der Waals surface area (Å²) < 4.78 is 25.1. The SMILES string of the molecule is CCc1cc(C[C@@H]2CS(=O)(=O)C[C@H](NCc3cccc(C(C)C)c3)[C@H]2O)ccc1O.Cl. The van der Waals surface area contributed by atoms with Crippen LogP contribution in [0.3, 0.4) is 0 Å². The van der Waals surface area contributed by atoms with Crippen LogP contribution in [0, 0.1) is 5.92 Å². The van der Waals surface area contributed by atoms with E-state index in [0.29, 0.717) is 25.3 Å². The Morgan fingerprint density at radius 3 is 2.52 bits per heavy atom. The quantitative estimate of drug-likeness (QED) is 0.579. The lowest BCUT2D eigenvalue weighted by molar-refractivity contribution is 0.0781. The first-order valence-electron chi connectivity index (χ1n) is 10.7. The summed E-state index contributed by atoms with van der Waals surface area (Å²) >= 11 is 0. The second kappa shape index (κ2) is 10.8. The van der Waals surface area contributed by atoms with Gasteiger partial charge in [0.1, 0.15) is 5.75 Å². The van der Waals surface area contributed by atoms with Gasteiger partial charge in [0.05, 0.1) is 17.6 Å². The van der Waals surface area contributed by atoms with Crippen LogP contribution < -0.4 is 5.32 Å². The number of hydrogen-bond acceptors (Lipinski definition) is 5. The molecule has 1 fully saturated rings. The zero-order chi connectivity index (χ0) is 21.9. The molecule has 0 unspecified atom stereocenters. The Balaban J connectivity index is 0.00000341. The maximum atomic E-state index is 12.5. The maximum Gasteiger partial charge on any atom is 0.152 e. The Hall–Kier alpha value is -1.60. The largest absolute Gasteiger partial charge is 0.508 e. The van der Waals surface area contributed by atoms with Gasteiger partial charge in [-0.15, -0.1) is 12.4 Å². The van der Waals surface area contributed by atoms with Gasteiger partial charge in [0.2, 0.25) is 0 Å². The summed E-state index contributed by atoms with van der Waals surface area (Å²) in [5, 5.41) is 24.1. The molecule has 1 aliphatic heterocycles. The van der Waals surface area contributed by atoms with Crippen LogP contribution in [0.5, 0.6) is 5.75 Å². The lowest BCUT2D eigenvalue weighted by atomic mass is 9.90. The van der Waals surface area contributed by atoms with Crippen LogP contribution in [-0.4, -0.2) is 42.3 Å². The molecule has 2 aromatic carbocycles. The minimum absolute atomic E-state index is 0. The number of phenolic OH excluding ortho intramolecular Hbond substituents is 1. The van der Waals surface area contributed by atoms with E-state index in [9.17, 15) is 18.6 Å². The lowest BCUT2D eigenvalue weighted by Crippen LogP contribution is -2.54. The standard InChI is InChI=1S/C24H33NO4S.ClH/c1-4-19-10-17(8-9-23(19)26)11-21-14-30(28,29)15-22(24(21)27)25-13-18-6-5-7-20(12-18)16(2)3;/h5-10,12,16,21-22,24-27H,4,11,13-15H2,1-3H3;1H/t21-,22+,24+;/m1./s1. The number of phenols is 1. The van der Waals surface area contributed by atoms with Crippen molar-refractivity contribution in [2.75, 3.05) is 11.5 Å². The van der Waals surface area contributed by atoms with Crippen LogP contribution in [0.25, 0.3) is 0 Å². The van der Waals surface area contributed by atoms with E-state index < -0.39 is 22.0 Å². The van der Waals surface area contributed by atoms with Gasteiger partial charge in [-0.05, 0) is 47.1 Å². The van der Waals surface area contributed by atoms with Gasteiger partial charge in [0.15, 0.2) is 9.84 Å². The molecule has 31 heavy (non-hydrogen) atoms. The normalized spacial score (nSPS) is 22.8. The highest BCUT2D eigenvalue weighted by Crippen LogP contribution is 2.27.